The maximum Gasteiger partial charge on any atom is 0.378 e. The topological polar surface area (TPSA) is 0 Å². The minimum atomic E-state index is -7.39. The van der Waals surface area contributed by atoms with Crippen molar-refractivity contribution in [2.45, 2.75) is 61.0 Å². The van der Waals surface area contributed by atoms with E-state index in [2.05, 4.69) is 0 Å². The summed E-state index contributed by atoms with van der Waals surface area (Å²) in [7, 11) is 0. The van der Waals surface area contributed by atoms with E-state index in [4.69, 9.17) is 0 Å². The maximum absolute atomic E-state index is 14.9. The highest BCUT2D eigenvalue weighted by molar-refractivity contribution is 5.30. The molecule has 0 saturated heterocycles. The van der Waals surface area contributed by atoms with Crippen molar-refractivity contribution in [1.29, 1.82) is 0 Å². The molecule has 0 spiro atoms. The van der Waals surface area contributed by atoms with Crippen molar-refractivity contribution >= 4 is 0 Å². The van der Waals surface area contributed by atoms with Crippen molar-refractivity contribution in [2.75, 3.05) is 0 Å². The highest BCUT2D eigenvalue weighted by atomic mass is 19.4. The summed E-state index contributed by atoms with van der Waals surface area (Å²) in [6.07, 6.45) is 0. The first-order chi connectivity index (χ1) is 11.9. The Labute approximate surface area is 146 Å². The van der Waals surface area contributed by atoms with Crippen LogP contribution in [-0.4, -0.2) is 47.1 Å². The van der Waals surface area contributed by atoms with Crippen LogP contribution in [0.1, 0.15) is 13.8 Å². The molecule has 3 unspecified atom stereocenters. The van der Waals surface area contributed by atoms with E-state index < -0.39 is 64.9 Å². The second kappa shape index (κ2) is 5.16. The van der Waals surface area contributed by atoms with Crippen LogP contribution in [0.5, 0.6) is 0 Å². The Balaban J connectivity index is 3.07. The lowest BCUT2D eigenvalue weighted by Crippen LogP contribution is -2.87. The van der Waals surface area contributed by atoms with Gasteiger partial charge in [-0.3, -0.25) is 0 Å². The Morgan fingerprint density at radius 3 is 0.964 bits per heavy atom. The van der Waals surface area contributed by atoms with Gasteiger partial charge in [-0.2, -0.15) is 61.5 Å². The van der Waals surface area contributed by atoms with Gasteiger partial charge in [0.05, 0.1) is 5.92 Å². The van der Waals surface area contributed by atoms with E-state index in [1.165, 1.54) is 0 Å². The monoisotopic (exact) mass is 450 g/mol. The summed E-state index contributed by atoms with van der Waals surface area (Å²) in [5.41, 5.74) is -5.84. The smallest absolute Gasteiger partial charge is 0.236 e. The molecule has 2 fully saturated rings. The van der Waals surface area contributed by atoms with E-state index in [0.717, 1.165) is 0 Å². The third kappa shape index (κ3) is 1.89. The van der Waals surface area contributed by atoms with Crippen LogP contribution in [0.2, 0.25) is 0 Å². The van der Waals surface area contributed by atoms with Gasteiger partial charge < -0.3 is 0 Å². The van der Waals surface area contributed by atoms with Crippen molar-refractivity contribution in [1.82, 2.24) is 0 Å². The summed E-state index contributed by atoms with van der Waals surface area (Å²) in [5.74, 6) is -63.8. The van der Waals surface area contributed by atoms with Gasteiger partial charge in [0.1, 0.15) is 5.92 Å². The van der Waals surface area contributed by atoms with Gasteiger partial charge in [-0.1, -0.05) is 13.8 Å². The number of hydrogen-bond donors (Lipinski definition) is 0. The number of alkyl halides is 15. The molecule has 3 atom stereocenters. The van der Waals surface area contributed by atoms with Crippen molar-refractivity contribution in [3.8, 4) is 0 Å². The Morgan fingerprint density at radius 1 is 0.429 bits per heavy atom. The quantitative estimate of drug-likeness (QED) is 0.427. The van der Waals surface area contributed by atoms with E-state index in [1.54, 1.807) is 0 Å². The number of fused-ring (bicyclic) bond motifs is 1. The second-order valence-corrected chi connectivity index (χ2v) is 7.04. The number of halogens is 15. The lowest BCUT2D eigenvalue weighted by molar-refractivity contribution is -0.503. The fourth-order valence-corrected chi connectivity index (χ4v) is 3.73. The average Bonchev–Trinajstić information content (AvgIpc) is 2.47. The van der Waals surface area contributed by atoms with Crippen LogP contribution in [0.3, 0.4) is 0 Å². The molecule has 15 heteroatoms. The van der Waals surface area contributed by atoms with E-state index in [0.29, 0.717) is 0 Å². The molecule has 0 nitrogen and oxygen atoms in total. The SMILES string of the molecule is CC(C)C1(F)C2C(C(F)(F)C(F)(F)C(F)(F)C2(F)F)C(F)(F)C(F)(F)C1(F)F. The summed E-state index contributed by atoms with van der Waals surface area (Å²) in [6.45, 7) is 0.118. The summed E-state index contributed by atoms with van der Waals surface area (Å²) in [5, 5.41) is 0. The van der Waals surface area contributed by atoms with Gasteiger partial charge in [0, 0.05) is 0 Å². The van der Waals surface area contributed by atoms with Crippen molar-refractivity contribution in [2.24, 2.45) is 17.8 Å². The molecule has 2 aliphatic carbocycles. The van der Waals surface area contributed by atoms with Crippen LogP contribution in [0, 0.1) is 17.8 Å². The number of hydrogen-bond acceptors (Lipinski definition) is 0. The Bertz CT molecular complexity index is 655. The van der Waals surface area contributed by atoms with Gasteiger partial charge in [0.25, 0.3) is 0 Å². The lowest BCUT2D eigenvalue weighted by Gasteiger charge is -2.61. The van der Waals surface area contributed by atoms with E-state index in [9.17, 15) is 65.9 Å². The summed E-state index contributed by atoms with van der Waals surface area (Å²) < 4.78 is 208. The van der Waals surface area contributed by atoms with E-state index >= 15 is 0 Å². The molecule has 0 aromatic rings. The Morgan fingerprint density at radius 2 is 0.679 bits per heavy atom. The maximum atomic E-state index is 14.9. The van der Waals surface area contributed by atoms with Gasteiger partial charge in [0.15, 0.2) is 5.67 Å². The predicted octanol–water partition coefficient (Wildman–Crippen LogP) is 6.06. The third-order valence-electron chi connectivity index (χ3n) is 5.32. The van der Waals surface area contributed by atoms with Gasteiger partial charge in [-0.25, -0.2) is 4.39 Å². The Hall–Kier alpha value is -1.05. The molecule has 0 amide bonds. The molecule has 2 aliphatic rings. The molecule has 2 saturated carbocycles. The molecule has 0 aromatic heterocycles. The Kier molecular flexibility index (Phi) is 4.28. The third-order valence-corrected chi connectivity index (χ3v) is 5.32. The van der Waals surface area contributed by atoms with E-state index in [-0.39, 0.29) is 13.8 Å². The highest BCUT2D eigenvalue weighted by Gasteiger charge is 3.01. The van der Waals surface area contributed by atoms with Crippen LogP contribution in [0.15, 0.2) is 0 Å². The zero-order chi connectivity index (χ0) is 22.7. The molecule has 0 N–H and O–H groups in total. The first kappa shape index (κ1) is 23.2. The first-order valence-electron chi connectivity index (χ1n) is 7.27. The van der Waals surface area contributed by atoms with Crippen molar-refractivity contribution < 1.29 is 65.9 Å². The largest absolute Gasteiger partial charge is 0.378 e. The molecule has 0 bridgehead atoms. The molecular formula is C13H9F15. The molecule has 0 heterocycles. The van der Waals surface area contributed by atoms with Crippen molar-refractivity contribution in [3.63, 3.8) is 0 Å². The molecular weight excluding hydrogens is 441 g/mol. The zero-order valence-electron chi connectivity index (χ0n) is 13.4. The van der Waals surface area contributed by atoms with Gasteiger partial charge in [-0.05, 0) is 5.92 Å². The van der Waals surface area contributed by atoms with Gasteiger partial charge >= 0.3 is 41.5 Å². The van der Waals surface area contributed by atoms with Crippen LogP contribution < -0.4 is 0 Å². The zero-order valence-corrected chi connectivity index (χ0v) is 13.4. The average molecular weight is 450 g/mol. The van der Waals surface area contributed by atoms with Crippen molar-refractivity contribution in [3.05, 3.63) is 0 Å². The fourth-order valence-electron chi connectivity index (χ4n) is 3.73. The second-order valence-electron chi connectivity index (χ2n) is 7.04. The minimum absolute atomic E-state index is 0.0592. The van der Waals surface area contributed by atoms with E-state index in [1.807, 2.05) is 0 Å². The van der Waals surface area contributed by atoms with Crippen LogP contribution >= 0.6 is 0 Å². The first-order valence-corrected chi connectivity index (χ1v) is 7.27. The molecule has 2 rings (SSSR count). The molecule has 166 valence electrons. The predicted molar refractivity (Wildman–Crippen MR) is 60.3 cm³/mol. The molecule has 28 heavy (non-hydrogen) atoms. The molecule has 0 radical (unpaired) electrons. The van der Waals surface area contributed by atoms with Crippen LogP contribution in [-0.2, 0) is 0 Å². The highest BCUT2D eigenvalue weighted by Crippen LogP contribution is 2.76. The number of rotatable bonds is 1. The molecule has 0 aliphatic heterocycles. The van der Waals surface area contributed by atoms with Crippen LogP contribution in [0.4, 0.5) is 65.9 Å². The fraction of sp³-hybridized carbons (Fsp3) is 1.00. The summed E-state index contributed by atoms with van der Waals surface area (Å²) in [4.78, 5) is 0. The molecule has 0 aromatic carbocycles. The van der Waals surface area contributed by atoms with Crippen LogP contribution in [0.25, 0.3) is 0 Å². The standard InChI is InChI=1S/C13H9F15/c1-3(2)6(14)4-5(8(17,18)11(23,24)10(6,21)22)9(19,20)13(27,28)12(25,26)7(4,15)16/h3-5H,1-2H3. The minimum Gasteiger partial charge on any atom is -0.236 e. The normalized spacial score (nSPS) is 41.4. The van der Waals surface area contributed by atoms with Gasteiger partial charge in [-0.15, -0.1) is 0 Å². The van der Waals surface area contributed by atoms with Gasteiger partial charge in [0.2, 0.25) is 0 Å². The lowest BCUT2D eigenvalue weighted by atomic mass is 9.52. The summed E-state index contributed by atoms with van der Waals surface area (Å²) >= 11 is 0. The summed E-state index contributed by atoms with van der Waals surface area (Å²) in [6, 6.07) is 0.